The van der Waals surface area contributed by atoms with E-state index in [9.17, 15) is 14.4 Å². The van der Waals surface area contributed by atoms with Crippen LogP contribution in [0, 0.1) is 0 Å². The molecule has 0 bridgehead atoms. The Balaban J connectivity index is 2.45. The van der Waals surface area contributed by atoms with Crippen molar-refractivity contribution >= 4 is 17.8 Å². The lowest BCUT2D eigenvalue weighted by molar-refractivity contribution is -0.137. The summed E-state index contributed by atoms with van der Waals surface area (Å²) in [5, 5.41) is 2.45. The standard InChI is InChI=1S/C19H25NO7/c1-19(2,3)27-18(23)20-10-11-26-17(22)9-7-14(21)13-6-8-15(24-4)16(12-13)25-5/h6-9,12H,10-11H2,1-5H3,(H,20,23)/b9-7+. The van der Waals surface area contributed by atoms with Crippen LogP contribution in [0.15, 0.2) is 30.4 Å². The number of carbonyl (C=O) groups excluding carboxylic acids is 3. The fraction of sp³-hybridized carbons (Fsp3) is 0.421. The van der Waals surface area contributed by atoms with Gasteiger partial charge in [-0.3, -0.25) is 4.79 Å². The molecule has 1 aromatic carbocycles. The molecule has 148 valence electrons. The highest BCUT2D eigenvalue weighted by atomic mass is 16.6. The van der Waals surface area contributed by atoms with Gasteiger partial charge in [-0.05, 0) is 45.0 Å². The summed E-state index contributed by atoms with van der Waals surface area (Å²) in [4.78, 5) is 35.2. The van der Waals surface area contributed by atoms with Gasteiger partial charge in [0.2, 0.25) is 0 Å². The van der Waals surface area contributed by atoms with Crippen LogP contribution < -0.4 is 14.8 Å². The minimum absolute atomic E-state index is 0.0486. The molecule has 0 fully saturated rings. The maximum atomic E-state index is 12.1. The Kier molecular flexibility index (Phi) is 8.32. The normalized spacial score (nSPS) is 11.0. The summed E-state index contributed by atoms with van der Waals surface area (Å²) in [6.45, 7) is 5.28. The Morgan fingerprint density at radius 1 is 1.04 bits per heavy atom. The number of methoxy groups -OCH3 is 2. The quantitative estimate of drug-likeness (QED) is 0.321. The topological polar surface area (TPSA) is 100 Å². The zero-order chi connectivity index (χ0) is 20.4. The van der Waals surface area contributed by atoms with E-state index >= 15 is 0 Å². The minimum Gasteiger partial charge on any atom is -0.493 e. The number of rotatable bonds is 8. The van der Waals surface area contributed by atoms with Gasteiger partial charge >= 0.3 is 12.1 Å². The van der Waals surface area contributed by atoms with E-state index in [0.29, 0.717) is 17.1 Å². The van der Waals surface area contributed by atoms with Crippen LogP contribution >= 0.6 is 0 Å². The Hall–Kier alpha value is -3.03. The SMILES string of the molecule is COc1ccc(C(=O)/C=C/C(=O)OCCNC(=O)OC(C)(C)C)cc1OC. The lowest BCUT2D eigenvalue weighted by Gasteiger charge is -2.19. The highest BCUT2D eigenvalue weighted by Gasteiger charge is 2.15. The van der Waals surface area contributed by atoms with Crippen LogP contribution in [0.4, 0.5) is 4.79 Å². The highest BCUT2D eigenvalue weighted by Crippen LogP contribution is 2.27. The number of carbonyl (C=O) groups is 3. The molecule has 1 rings (SSSR count). The van der Waals surface area contributed by atoms with Gasteiger partial charge in [0.15, 0.2) is 17.3 Å². The number of benzene rings is 1. The van der Waals surface area contributed by atoms with Crippen LogP contribution in [-0.2, 0) is 14.3 Å². The summed E-state index contributed by atoms with van der Waals surface area (Å²) < 4.78 is 20.2. The molecule has 0 aliphatic heterocycles. The average molecular weight is 379 g/mol. The molecular weight excluding hydrogens is 354 g/mol. The second-order valence-electron chi connectivity index (χ2n) is 6.36. The molecule has 0 saturated heterocycles. The second kappa shape index (κ2) is 10.2. The lowest BCUT2D eigenvalue weighted by Crippen LogP contribution is -2.34. The van der Waals surface area contributed by atoms with Gasteiger partial charge in [0, 0.05) is 11.6 Å². The van der Waals surface area contributed by atoms with E-state index in [1.807, 2.05) is 0 Å². The predicted octanol–water partition coefficient (Wildman–Crippen LogP) is 2.51. The van der Waals surface area contributed by atoms with Crippen molar-refractivity contribution in [3.05, 3.63) is 35.9 Å². The number of ketones is 1. The molecular formula is C19H25NO7. The Morgan fingerprint density at radius 2 is 1.70 bits per heavy atom. The third kappa shape index (κ3) is 8.26. The minimum atomic E-state index is -0.699. The largest absolute Gasteiger partial charge is 0.493 e. The van der Waals surface area contributed by atoms with Gasteiger partial charge in [0.05, 0.1) is 20.8 Å². The first kappa shape index (κ1) is 22.0. The average Bonchev–Trinajstić information content (AvgIpc) is 2.61. The number of allylic oxidation sites excluding steroid dienone is 1. The molecule has 0 atom stereocenters. The second-order valence-corrected chi connectivity index (χ2v) is 6.36. The van der Waals surface area contributed by atoms with E-state index in [-0.39, 0.29) is 18.9 Å². The molecule has 8 nitrogen and oxygen atoms in total. The van der Waals surface area contributed by atoms with Crippen LogP contribution in [0.25, 0.3) is 0 Å². The van der Waals surface area contributed by atoms with Gasteiger partial charge in [-0.25, -0.2) is 9.59 Å². The van der Waals surface area contributed by atoms with Crippen molar-refractivity contribution < 1.29 is 33.3 Å². The monoisotopic (exact) mass is 379 g/mol. The fourth-order valence-corrected chi connectivity index (χ4v) is 1.90. The highest BCUT2D eigenvalue weighted by molar-refractivity contribution is 6.07. The summed E-state index contributed by atoms with van der Waals surface area (Å²) in [5.41, 5.74) is -0.267. The molecule has 0 aliphatic rings. The van der Waals surface area contributed by atoms with Crippen molar-refractivity contribution in [1.29, 1.82) is 0 Å². The molecule has 0 heterocycles. The van der Waals surface area contributed by atoms with E-state index in [1.54, 1.807) is 32.9 Å². The van der Waals surface area contributed by atoms with Gasteiger partial charge in [-0.1, -0.05) is 0 Å². The van der Waals surface area contributed by atoms with Crippen LogP contribution in [0.2, 0.25) is 0 Å². The summed E-state index contributed by atoms with van der Waals surface area (Å²) in [6, 6.07) is 4.67. The number of nitrogens with one attached hydrogen (secondary N) is 1. The number of hydrogen-bond acceptors (Lipinski definition) is 7. The van der Waals surface area contributed by atoms with Crippen molar-refractivity contribution in [2.24, 2.45) is 0 Å². The van der Waals surface area contributed by atoms with Gasteiger partial charge in [0.1, 0.15) is 12.2 Å². The Bertz CT molecular complexity index is 704. The van der Waals surface area contributed by atoms with Crippen LogP contribution in [0.3, 0.4) is 0 Å². The molecule has 0 aliphatic carbocycles. The van der Waals surface area contributed by atoms with Crippen LogP contribution in [0.5, 0.6) is 11.5 Å². The number of ether oxygens (including phenoxy) is 4. The zero-order valence-corrected chi connectivity index (χ0v) is 16.2. The third-order valence-corrected chi connectivity index (χ3v) is 3.05. The van der Waals surface area contributed by atoms with Crippen LogP contribution in [0.1, 0.15) is 31.1 Å². The molecule has 1 amide bonds. The van der Waals surface area contributed by atoms with Crippen molar-refractivity contribution in [2.75, 3.05) is 27.4 Å². The molecule has 1 aromatic rings. The first-order valence-electron chi connectivity index (χ1n) is 8.24. The molecule has 27 heavy (non-hydrogen) atoms. The molecule has 0 unspecified atom stereocenters. The van der Waals surface area contributed by atoms with Crippen molar-refractivity contribution in [3.8, 4) is 11.5 Å². The van der Waals surface area contributed by atoms with Crippen molar-refractivity contribution in [3.63, 3.8) is 0 Å². The first-order chi connectivity index (χ1) is 12.7. The van der Waals surface area contributed by atoms with Crippen molar-refractivity contribution in [2.45, 2.75) is 26.4 Å². The predicted molar refractivity (Wildman–Crippen MR) is 98.2 cm³/mol. The number of hydrogen-bond donors (Lipinski definition) is 1. The number of esters is 1. The van der Waals surface area contributed by atoms with E-state index in [0.717, 1.165) is 12.2 Å². The Morgan fingerprint density at radius 3 is 2.30 bits per heavy atom. The van der Waals surface area contributed by atoms with E-state index < -0.39 is 17.7 Å². The molecule has 0 spiro atoms. The van der Waals surface area contributed by atoms with Gasteiger partial charge in [-0.2, -0.15) is 0 Å². The Labute approximate surface area is 158 Å². The summed E-state index contributed by atoms with van der Waals surface area (Å²) in [6.07, 6.45) is 1.52. The lowest BCUT2D eigenvalue weighted by atomic mass is 10.1. The van der Waals surface area contributed by atoms with Gasteiger partial charge in [0.25, 0.3) is 0 Å². The van der Waals surface area contributed by atoms with E-state index in [4.69, 9.17) is 18.9 Å². The molecule has 8 heteroatoms. The molecule has 0 aromatic heterocycles. The van der Waals surface area contributed by atoms with E-state index in [2.05, 4.69) is 5.32 Å². The van der Waals surface area contributed by atoms with Gasteiger partial charge in [-0.15, -0.1) is 0 Å². The smallest absolute Gasteiger partial charge is 0.407 e. The molecule has 0 radical (unpaired) electrons. The summed E-state index contributed by atoms with van der Waals surface area (Å²) >= 11 is 0. The van der Waals surface area contributed by atoms with Gasteiger partial charge < -0.3 is 24.3 Å². The van der Waals surface area contributed by atoms with Crippen LogP contribution in [-0.4, -0.2) is 50.8 Å². The van der Waals surface area contributed by atoms with E-state index in [1.165, 1.54) is 20.3 Å². The number of amides is 1. The van der Waals surface area contributed by atoms with Crippen molar-refractivity contribution in [1.82, 2.24) is 5.32 Å². The molecule has 0 saturated carbocycles. The first-order valence-corrected chi connectivity index (χ1v) is 8.24. The third-order valence-electron chi connectivity index (χ3n) is 3.05. The zero-order valence-electron chi connectivity index (χ0n) is 16.2. The maximum Gasteiger partial charge on any atom is 0.407 e. The summed E-state index contributed by atoms with van der Waals surface area (Å²) in [7, 11) is 2.96. The maximum absolute atomic E-state index is 12.1. The fourth-order valence-electron chi connectivity index (χ4n) is 1.90. The summed E-state index contributed by atoms with van der Waals surface area (Å²) in [5.74, 6) is -0.183. The number of alkyl carbamates (subject to hydrolysis) is 1. The molecule has 1 N–H and O–H groups in total.